The Morgan fingerprint density at radius 2 is 2.20 bits per heavy atom. The first-order valence-corrected chi connectivity index (χ1v) is 6.27. The normalized spacial score (nSPS) is 18.3. The average molecular weight is 271 g/mol. The first-order valence-electron chi connectivity index (χ1n) is 5.15. The van der Waals surface area contributed by atoms with Gasteiger partial charge in [0.1, 0.15) is 11.3 Å². The predicted molar refractivity (Wildman–Crippen MR) is 63.4 cm³/mol. The second kappa shape index (κ2) is 4.54. The van der Waals surface area contributed by atoms with Crippen LogP contribution in [0.3, 0.4) is 0 Å². The second-order valence-electron chi connectivity index (χ2n) is 3.83. The van der Waals surface area contributed by atoms with Gasteiger partial charge in [-0.3, -0.25) is 0 Å². The van der Waals surface area contributed by atoms with E-state index in [0.29, 0.717) is 5.52 Å². The van der Waals surface area contributed by atoms with Crippen molar-refractivity contribution in [3.8, 4) is 5.75 Å². The van der Waals surface area contributed by atoms with Gasteiger partial charge in [-0.2, -0.15) is 0 Å². The minimum atomic E-state index is -0.0499. The number of alkyl halides is 1. The van der Waals surface area contributed by atoms with Crippen LogP contribution < -0.4 is 4.74 Å². The van der Waals surface area contributed by atoms with Gasteiger partial charge in [0.25, 0.3) is 0 Å². The minimum absolute atomic E-state index is 0.0499. The van der Waals surface area contributed by atoms with Crippen molar-refractivity contribution in [2.75, 3.05) is 12.6 Å². The first-order chi connectivity index (χ1) is 7.30. The molecule has 2 rings (SSSR count). The average Bonchev–Trinajstić information content (AvgIpc) is 2.18. The molecule has 3 heteroatoms. The van der Waals surface area contributed by atoms with Crippen molar-refractivity contribution >= 4 is 15.9 Å². The fourth-order valence-electron chi connectivity index (χ4n) is 2.04. The lowest BCUT2D eigenvalue weighted by molar-refractivity contribution is -0.0779. The summed E-state index contributed by atoms with van der Waals surface area (Å²) < 4.78 is 11.0. The molecule has 1 aromatic carbocycles. The van der Waals surface area contributed by atoms with Gasteiger partial charge in [-0.05, 0) is 52.9 Å². The van der Waals surface area contributed by atoms with Crippen LogP contribution in [0.4, 0.5) is 0 Å². The SMILES string of the molecule is COC1(c2cccc(OCBr)c2)CCC1. The Kier molecular flexibility index (Phi) is 3.32. The smallest absolute Gasteiger partial charge is 0.143 e. The van der Waals surface area contributed by atoms with E-state index in [1.807, 2.05) is 12.1 Å². The van der Waals surface area contributed by atoms with Crippen LogP contribution >= 0.6 is 15.9 Å². The monoisotopic (exact) mass is 270 g/mol. The van der Waals surface area contributed by atoms with Crippen molar-refractivity contribution in [3.63, 3.8) is 0 Å². The van der Waals surface area contributed by atoms with E-state index in [-0.39, 0.29) is 5.60 Å². The summed E-state index contributed by atoms with van der Waals surface area (Å²) in [6.45, 7) is 0. The molecule has 0 heterocycles. The van der Waals surface area contributed by atoms with Crippen molar-refractivity contribution in [3.05, 3.63) is 29.8 Å². The number of hydrogen-bond donors (Lipinski definition) is 0. The fourth-order valence-corrected chi connectivity index (χ4v) is 2.31. The molecule has 2 nitrogen and oxygen atoms in total. The minimum Gasteiger partial charge on any atom is -0.482 e. The van der Waals surface area contributed by atoms with E-state index in [1.54, 1.807) is 7.11 Å². The maximum atomic E-state index is 5.63. The van der Waals surface area contributed by atoms with Crippen LogP contribution in [0, 0.1) is 0 Å². The lowest BCUT2D eigenvalue weighted by Gasteiger charge is -2.41. The van der Waals surface area contributed by atoms with Crippen LogP contribution in [0.5, 0.6) is 5.75 Å². The van der Waals surface area contributed by atoms with Gasteiger partial charge in [0.2, 0.25) is 0 Å². The summed E-state index contributed by atoms with van der Waals surface area (Å²) >= 11 is 3.26. The Bertz CT molecular complexity index is 329. The zero-order valence-corrected chi connectivity index (χ0v) is 10.4. The second-order valence-corrected chi connectivity index (χ2v) is 4.29. The Morgan fingerprint density at radius 1 is 1.40 bits per heavy atom. The molecule has 0 saturated heterocycles. The van der Waals surface area contributed by atoms with Crippen LogP contribution in [-0.2, 0) is 10.3 Å². The van der Waals surface area contributed by atoms with Crippen LogP contribution in [0.1, 0.15) is 24.8 Å². The highest BCUT2D eigenvalue weighted by Gasteiger charge is 2.38. The van der Waals surface area contributed by atoms with Crippen LogP contribution in [0.15, 0.2) is 24.3 Å². The Morgan fingerprint density at radius 3 is 2.73 bits per heavy atom. The summed E-state index contributed by atoms with van der Waals surface area (Å²) in [6, 6.07) is 8.17. The largest absolute Gasteiger partial charge is 0.482 e. The summed E-state index contributed by atoms with van der Waals surface area (Å²) in [7, 11) is 1.79. The summed E-state index contributed by atoms with van der Waals surface area (Å²) in [6.07, 6.45) is 3.47. The molecule has 0 aliphatic heterocycles. The fraction of sp³-hybridized carbons (Fsp3) is 0.500. The van der Waals surface area contributed by atoms with Gasteiger partial charge in [0.15, 0.2) is 0 Å². The summed E-state index contributed by atoms with van der Waals surface area (Å²) in [5, 5.41) is 0. The zero-order chi connectivity index (χ0) is 10.7. The molecule has 1 saturated carbocycles. The van der Waals surface area contributed by atoms with Gasteiger partial charge in [-0.1, -0.05) is 12.1 Å². The molecule has 0 spiro atoms. The lowest BCUT2D eigenvalue weighted by atomic mass is 9.75. The van der Waals surface area contributed by atoms with Crippen molar-refractivity contribution in [2.24, 2.45) is 0 Å². The third-order valence-corrected chi connectivity index (χ3v) is 3.36. The lowest BCUT2D eigenvalue weighted by Crippen LogP contribution is -2.35. The van der Waals surface area contributed by atoms with Crippen LogP contribution in [0.25, 0.3) is 0 Å². The molecule has 1 fully saturated rings. The Balaban J connectivity index is 2.23. The molecular weight excluding hydrogens is 256 g/mol. The van der Waals surface area contributed by atoms with Crippen molar-refractivity contribution < 1.29 is 9.47 Å². The van der Waals surface area contributed by atoms with Crippen molar-refractivity contribution in [1.29, 1.82) is 0 Å². The number of halogens is 1. The van der Waals surface area contributed by atoms with Gasteiger partial charge in [-0.25, -0.2) is 0 Å². The molecule has 82 valence electrons. The highest BCUT2D eigenvalue weighted by molar-refractivity contribution is 9.09. The van der Waals surface area contributed by atoms with Gasteiger partial charge >= 0.3 is 0 Å². The zero-order valence-electron chi connectivity index (χ0n) is 8.83. The summed E-state index contributed by atoms with van der Waals surface area (Å²) in [5.74, 6) is 0.896. The van der Waals surface area contributed by atoms with Gasteiger partial charge in [0, 0.05) is 7.11 Å². The van der Waals surface area contributed by atoms with E-state index in [4.69, 9.17) is 9.47 Å². The maximum Gasteiger partial charge on any atom is 0.143 e. The molecular formula is C12H15BrO2. The molecule has 0 radical (unpaired) electrons. The van der Waals surface area contributed by atoms with Gasteiger partial charge in [0.05, 0.1) is 5.60 Å². The topological polar surface area (TPSA) is 18.5 Å². The number of methoxy groups -OCH3 is 1. The molecule has 0 aromatic heterocycles. The maximum absolute atomic E-state index is 5.63. The Hall–Kier alpha value is -0.540. The van der Waals surface area contributed by atoms with Crippen molar-refractivity contribution in [1.82, 2.24) is 0 Å². The molecule has 0 atom stereocenters. The van der Waals surface area contributed by atoms with E-state index in [2.05, 4.69) is 28.1 Å². The highest BCUT2D eigenvalue weighted by Crippen LogP contribution is 2.44. The van der Waals surface area contributed by atoms with E-state index in [1.165, 1.54) is 12.0 Å². The van der Waals surface area contributed by atoms with Crippen molar-refractivity contribution in [2.45, 2.75) is 24.9 Å². The first kappa shape index (κ1) is 11.0. The molecule has 0 N–H and O–H groups in total. The molecule has 15 heavy (non-hydrogen) atoms. The molecule has 0 amide bonds. The number of ether oxygens (including phenoxy) is 2. The van der Waals surface area contributed by atoms with E-state index in [9.17, 15) is 0 Å². The van der Waals surface area contributed by atoms with E-state index >= 15 is 0 Å². The highest BCUT2D eigenvalue weighted by atomic mass is 79.9. The number of hydrogen-bond acceptors (Lipinski definition) is 2. The van der Waals surface area contributed by atoms with E-state index in [0.717, 1.165) is 18.6 Å². The van der Waals surface area contributed by atoms with Crippen LogP contribution in [-0.4, -0.2) is 12.6 Å². The third-order valence-electron chi connectivity index (χ3n) is 3.13. The van der Waals surface area contributed by atoms with E-state index < -0.39 is 0 Å². The number of rotatable bonds is 4. The molecule has 0 unspecified atom stereocenters. The summed E-state index contributed by atoms with van der Waals surface area (Å²) in [4.78, 5) is 0. The number of benzene rings is 1. The molecule has 1 aliphatic carbocycles. The summed E-state index contributed by atoms with van der Waals surface area (Å²) in [5.41, 5.74) is 1.71. The third kappa shape index (κ3) is 2.04. The quantitative estimate of drug-likeness (QED) is 0.781. The molecule has 0 bridgehead atoms. The van der Waals surface area contributed by atoms with Gasteiger partial charge < -0.3 is 9.47 Å². The molecule has 1 aliphatic rings. The standard InChI is InChI=1S/C12H15BrO2/c1-14-12(6-3-7-12)10-4-2-5-11(8-10)15-9-13/h2,4-5,8H,3,6-7,9H2,1H3. The molecule has 1 aromatic rings. The van der Waals surface area contributed by atoms with Crippen LogP contribution in [0.2, 0.25) is 0 Å². The predicted octanol–water partition coefficient (Wildman–Crippen LogP) is 3.44. The Labute approximate surface area is 98.7 Å². The van der Waals surface area contributed by atoms with Gasteiger partial charge in [-0.15, -0.1) is 0 Å².